The Kier molecular flexibility index (Phi) is 10.5. The van der Waals surface area contributed by atoms with Gasteiger partial charge in [0.1, 0.15) is 5.82 Å². The van der Waals surface area contributed by atoms with Crippen molar-refractivity contribution in [3.05, 3.63) is 89.6 Å². The fourth-order valence-corrected chi connectivity index (χ4v) is 5.41. The number of hydrogen-bond acceptors (Lipinski definition) is 7. The second-order valence-electron chi connectivity index (χ2n) is 11.1. The van der Waals surface area contributed by atoms with Gasteiger partial charge in [-0.25, -0.2) is 10.1 Å². The van der Waals surface area contributed by atoms with Crippen molar-refractivity contribution in [2.75, 3.05) is 6.54 Å². The summed E-state index contributed by atoms with van der Waals surface area (Å²) in [6.45, 7) is 2.29. The lowest BCUT2D eigenvalue weighted by molar-refractivity contribution is -0.137. The number of carbonyl (C=O) groups is 3. The first kappa shape index (κ1) is 33.8. The Bertz CT molecular complexity index is 1880. The van der Waals surface area contributed by atoms with Crippen molar-refractivity contribution >= 4 is 17.7 Å². The molecule has 0 saturated carbocycles. The van der Waals surface area contributed by atoms with Crippen molar-refractivity contribution in [1.29, 1.82) is 0 Å². The van der Waals surface area contributed by atoms with Gasteiger partial charge in [-0.05, 0) is 58.5 Å². The number of amides is 1. The molecule has 0 spiro atoms. The molecule has 0 aliphatic rings. The third kappa shape index (κ3) is 7.67. The number of alkyl halides is 3. The van der Waals surface area contributed by atoms with Crippen LogP contribution in [0.1, 0.15) is 71.4 Å². The molecule has 48 heavy (non-hydrogen) atoms. The van der Waals surface area contributed by atoms with Crippen LogP contribution >= 0.6 is 0 Å². The van der Waals surface area contributed by atoms with E-state index >= 15 is 0 Å². The first-order valence-electron chi connectivity index (χ1n) is 15.4. The molecule has 0 bridgehead atoms. The summed E-state index contributed by atoms with van der Waals surface area (Å²) in [4.78, 5) is 41.6. The minimum absolute atomic E-state index is 0.00338. The van der Waals surface area contributed by atoms with Crippen LogP contribution in [-0.2, 0) is 17.8 Å². The lowest BCUT2D eigenvalue weighted by Gasteiger charge is -2.15. The van der Waals surface area contributed by atoms with E-state index in [1.54, 1.807) is 4.57 Å². The monoisotopic (exact) mass is 662 g/mol. The Balaban J connectivity index is 1.50. The van der Waals surface area contributed by atoms with Gasteiger partial charge >= 0.3 is 12.1 Å². The van der Waals surface area contributed by atoms with E-state index in [-0.39, 0.29) is 31.0 Å². The molecule has 5 rings (SSSR count). The van der Waals surface area contributed by atoms with Crippen LogP contribution < -0.4 is 5.32 Å². The number of aromatic amines is 1. The number of unbranched alkanes of at least 4 members (excludes halogenated alkanes) is 2. The molecule has 1 amide bonds. The van der Waals surface area contributed by atoms with E-state index in [1.165, 1.54) is 12.3 Å². The number of carboxylic acids is 1. The van der Waals surface area contributed by atoms with E-state index in [0.29, 0.717) is 43.8 Å². The highest BCUT2D eigenvalue weighted by Gasteiger charge is 2.41. The number of tetrazole rings is 1. The lowest BCUT2D eigenvalue weighted by Crippen LogP contribution is -2.29. The number of aliphatic carboxylic acids is 1. The minimum atomic E-state index is -5.13. The summed E-state index contributed by atoms with van der Waals surface area (Å²) in [5, 5.41) is 25.8. The normalized spacial score (nSPS) is 11.5. The van der Waals surface area contributed by atoms with Crippen LogP contribution in [-0.4, -0.2) is 70.2 Å². The molecule has 250 valence electrons. The molecule has 3 heterocycles. The first-order valence-corrected chi connectivity index (χ1v) is 15.4. The number of aryl methyl sites for hydroxylation is 1. The summed E-state index contributed by atoms with van der Waals surface area (Å²) in [6, 6.07) is 17.6. The van der Waals surface area contributed by atoms with Crippen molar-refractivity contribution in [1.82, 2.24) is 40.1 Å². The standard InChI is InChI=1S/C33H33F3N8O4/c1-2-9-26-38-31(43-19-8-12-25(43)29(47)33(34,35)36)28(32(48)37-18-7-3-4-13-27(45)46)44(26)20-21-14-16-22(17-15-21)23-10-5-6-11-24(23)30-39-41-42-40-30/h5-6,8,10-12,14-17,19H,2-4,7,9,13,18,20H2,1H3,(H,37,48)(H,45,46)(H,39,40,41,42). The van der Waals surface area contributed by atoms with Crippen LogP contribution in [0.4, 0.5) is 13.2 Å². The predicted molar refractivity (Wildman–Crippen MR) is 169 cm³/mol. The largest absolute Gasteiger partial charge is 0.481 e. The summed E-state index contributed by atoms with van der Waals surface area (Å²) < 4.78 is 43.2. The third-order valence-electron chi connectivity index (χ3n) is 7.67. The summed E-state index contributed by atoms with van der Waals surface area (Å²) in [5.41, 5.74) is 2.70. The average Bonchev–Trinajstić information content (AvgIpc) is 3.83. The first-order chi connectivity index (χ1) is 23.1. The molecule has 3 N–H and O–H groups in total. The fourth-order valence-electron chi connectivity index (χ4n) is 5.41. The molecule has 0 aliphatic heterocycles. The number of imidazole rings is 1. The Hall–Kier alpha value is -5.60. The number of benzene rings is 2. The summed E-state index contributed by atoms with van der Waals surface area (Å²) in [5.74, 6) is -2.66. The molecule has 0 saturated heterocycles. The molecule has 12 nitrogen and oxygen atoms in total. The Morgan fingerprint density at radius 3 is 2.38 bits per heavy atom. The summed E-state index contributed by atoms with van der Waals surface area (Å²) in [6.07, 6.45) is -1.30. The lowest BCUT2D eigenvalue weighted by atomic mass is 9.98. The van der Waals surface area contributed by atoms with Gasteiger partial charge in [0.2, 0.25) is 0 Å². The van der Waals surface area contributed by atoms with Gasteiger partial charge < -0.3 is 15.0 Å². The smallest absolute Gasteiger partial charge is 0.456 e. The van der Waals surface area contributed by atoms with Gasteiger partial charge in [-0.1, -0.05) is 61.9 Å². The molecule has 15 heteroatoms. The third-order valence-corrected chi connectivity index (χ3v) is 7.67. The van der Waals surface area contributed by atoms with Crippen LogP contribution in [0.3, 0.4) is 0 Å². The van der Waals surface area contributed by atoms with Gasteiger partial charge in [0.25, 0.3) is 11.7 Å². The van der Waals surface area contributed by atoms with Gasteiger partial charge in [-0.3, -0.25) is 19.0 Å². The number of halogens is 3. The van der Waals surface area contributed by atoms with Crippen molar-refractivity contribution in [3.63, 3.8) is 0 Å². The number of aromatic nitrogens is 7. The maximum atomic E-state index is 13.8. The zero-order valence-electron chi connectivity index (χ0n) is 26.0. The number of carbonyl (C=O) groups excluding carboxylic acids is 2. The molecule has 0 fully saturated rings. The summed E-state index contributed by atoms with van der Waals surface area (Å²) in [7, 11) is 0. The highest BCUT2D eigenvalue weighted by atomic mass is 19.4. The summed E-state index contributed by atoms with van der Waals surface area (Å²) >= 11 is 0. The van der Waals surface area contributed by atoms with Crippen molar-refractivity contribution in [3.8, 4) is 28.3 Å². The van der Waals surface area contributed by atoms with E-state index < -0.39 is 29.5 Å². The number of ketones is 1. The molecule has 0 unspecified atom stereocenters. The number of nitrogens with one attached hydrogen (secondary N) is 2. The van der Waals surface area contributed by atoms with Crippen LogP contribution in [0, 0.1) is 0 Å². The molecule has 5 aromatic rings. The molecule has 2 aromatic carbocycles. The number of rotatable bonds is 15. The second-order valence-corrected chi connectivity index (χ2v) is 11.1. The Morgan fingerprint density at radius 1 is 0.958 bits per heavy atom. The van der Waals surface area contributed by atoms with E-state index in [4.69, 9.17) is 5.11 Å². The van der Waals surface area contributed by atoms with Gasteiger partial charge in [-0.15, -0.1) is 5.10 Å². The van der Waals surface area contributed by atoms with E-state index in [9.17, 15) is 27.6 Å². The Labute approximate surface area is 273 Å². The fraction of sp³-hybridized carbons (Fsp3) is 0.303. The van der Waals surface area contributed by atoms with Crippen molar-refractivity contribution in [2.24, 2.45) is 0 Å². The van der Waals surface area contributed by atoms with Gasteiger partial charge in [0.05, 0.1) is 5.69 Å². The minimum Gasteiger partial charge on any atom is -0.481 e. The highest BCUT2D eigenvalue weighted by molar-refractivity contribution is 6.01. The number of carboxylic acid groups (broad SMARTS) is 1. The molecule has 3 aromatic heterocycles. The number of Topliss-reactive ketones (excluding diaryl/α,β-unsaturated/α-hetero) is 1. The molecular weight excluding hydrogens is 629 g/mol. The SMILES string of the molecule is CCCc1nc(-n2cccc2C(=O)C(F)(F)F)c(C(=O)NCCCCCC(=O)O)n1Cc1ccc(-c2ccccc2-c2nnn[nH]2)cc1. The molecular formula is C33H33F3N8O4. The van der Waals surface area contributed by atoms with Crippen LogP contribution in [0.2, 0.25) is 0 Å². The van der Waals surface area contributed by atoms with Gasteiger partial charge in [-0.2, -0.15) is 13.2 Å². The molecule has 0 atom stereocenters. The maximum absolute atomic E-state index is 13.8. The molecule has 0 aliphatic carbocycles. The van der Waals surface area contributed by atoms with E-state index in [1.807, 2.05) is 55.5 Å². The zero-order chi connectivity index (χ0) is 34.3. The van der Waals surface area contributed by atoms with Crippen LogP contribution in [0.15, 0.2) is 66.9 Å². The molecule has 0 radical (unpaired) electrons. The number of H-pyrrole nitrogens is 1. The quantitative estimate of drug-likeness (QED) is 0.0959. The topological polar surface area (TPSA) is 161 Å². The van der Waals surface area contributed by atoms with Gasteiger partial charge in [0, 0.05) is 37.7 Å². The van der Waals surface area contributed by atoms with Crippen LogP contribution in [0.25, 0.3) is 28.3 Å². The second kappa shape index (κ2) is 14.9. The van der Waals surface area contributed by atoms with Gasteiger partial charge in [0.15, 0.2) is 17.3 Å². The Morgan fingerprint density at radius 2 is 1.71 bits per heavy atom. The predicted octanol–water partition coefficient (Wildman–Crippen LogP) is 5.64. The van der Waals surface area contributed by atoms with Crippen molar-refractivity contribution < 1.29 is 32.7 Å². The average molecular weight is 663 g/mol. The van der Waals surface area contributed by atoms with Crippen molar-refractivity contribution in [2.45, 2.75) is 58.2 Å². The zero-order valence-corrected chi connectivity index (χ0v) is 26.0. The van der Waals surface area contributed by atoms with E-state index in [0.717, 1.165) is 32.9 Å². The number of nitrogens with zero attached hydrogens (tertiary/aromatic N) is 6. The maximum Gasteiger partial charge on any atom is 0.456 e. The number of hydrogen-bond donors (Lipinski definition) is 3. The highest BCUT2D eigenvalue weighted by Crippen LogP contribution is 2.31. The van der Waals surface area contributed by atoms with E-state index in [2.05, 4.69) is 30.9 Å². The van der Waals surface area contributed by atoms with Crippen LogP contribution in [0.5, 0.6) is 0 Å².